The molecular formula is C31H39N5O6S. The molecule has 43 heavy (non-hydrogen) atoms. The summed E-state index contributed by atoms with van der Waals surface area (Å²) in [7, 11) is 0. The zero-order valence-corrected chi connectivity index (χ0v) is 25.7. The maximum atomic E-state index is 13.9. The van der Waals surface area contributed by atoms with Crippen LogP contribution in [0.15, 0.2) is 40.4 Å². The summed E-state index contributed by atoms with van der Waals surface area (Å²) < 4.78 is 5.66. The molecule has 11 nitrogen and oxygen atoms in total. The van der Waals surface area contributed by atoms with Gasteiger partial charge >= 0.3 is 5.97 Å². The fourth-order valence-corrected chi connectivity index (χ4v) is 6.86. The largest absolute Gasteiger partial charge is 0.481 e. The number of aliphatic hydroxyl groups is 1. The van der Waals surface area contributed by atoms with E-state index >= 15 is 0 Å². The van der Waals surface area contributed by atoms with E-state index in [1.807, 2.05) is 62.4 Å². The first-order valence-electron chi connectivity index (χ1n) is 14.8. The number of β-amino-alcohol motifs (C(OH)–C–C–N with tert-alkyl or cyclic N) is 1. The van der Waals surface area contributed by atoms with Crippen LogP contribution in [-0.4, -0.2) is 74.8 Å². The second kappa shape index (κ2) is 12.8. The highest BCUT2D eigenvalue weighted by Crippen LogP contribution is 2.34. The lowest BCUT2D eigenvalue weighted by Gasteiger charge is -2.30. The van der Waals surface area contributed by atoms with E-state index in [2.05, 4.69) is 15.5 Å². The number of rotatable bonds is 9. The molecule has 12 heteroatoms. The standard InChI is InChI=1S/C31H39N5O6S/c1-17(2)27(25-14-26(34-42-25)35-11-9-22(10-12-35)31(40)41)30(39)36-15-23(37)13-24(36)29(38)33-18(3)20-5-7-21(8-6-20)28-19(4)32-16-43-28/h5-8,14,16-18,22-24,27,37H,9-13,15H2,1-4H3,(H,33,38)(H,40,41)/t18-,23+,24-,27+/m0/s1. The number of carboxylic acids is 1. The number of nitrogens with one attached hydrogen (secondary N) is 1. The van der Waals surface area contributed by atoms with Crippen molar-refractivity contribution in [2.45, 2.75) is 71.1 Å². The highest BCUT2D eigenvalue weighted by atomic mass is 32.1. The van der Waals surface area contributed by atoms with Crippen LogP contribution in [0.25, 0.3) is 10.4 Å². The topological polar surface area (TPSA) is 149 Å². The predicted octanol–water partition coefficient (Wildman–Crippen LogP) is 3.99. The number of benzene rings is 1. The Morgan fingerprint density at radius 2 is 1.81 bits per heavy atom. The molecule has 0 saturated carbocycles. The van der Waals surface area contributed by atoms with Crippen molar-refractivity contribution in [3.05, 3.63) is 52.9 Å². The summed E-state index contributed by atoms with van der Waals surface area (Å²) in [5, 5.41) is 27.0. The van der Waals surface area contributed by atoms with Crippen molar-refractivity contribution in [1.29, 1.82) is 0 Å². The van der Waals surface area contributed by atoms with Gasteiger partial charge in [-0.2, -0.15) is 0 Å². The number of anilines is 1. The van der Waals surface area contributed by atoms with Crippen molar-refractivity contribution in [1.82, 2.24) is 20.4 Å². The lowest BCUT2D eigenvalue weighted by Crippen LogP contribution is -2.48. The van der Waals surface area contributed by atoms with Crippen molar-refractivity contribution < 1.29 is 29.1 Å². The molecule has 0 bridgehead atoms. The van der Waals surface area contributed by atoms with E-state index in [0.29, 0.717) is 37.5 Å². The predicted molar refractivity (Wildman–Crippen MR) is 162 cm³/mol. The number of piperidine rings is 1. The number of thiazole rings is 1. The Balaban J connectivity index is 1.26. The van der Waals surface area contributed by atoms with Crippen molar-refractivity contribution >= 4 is 34.9 Å². The van der Waals surface area contributed by atoms with E-state index in [1.54, 1.807) is 17.4 Å². The molecular weight excluding hydrogens is 570 g/mol. The molecule has 1 aromatic carbocycles. The van der Waals surface area contributed by atoms with E-state index in [0.717, 1.165) is 21.7 Å². The number of hydrogen-bond donors (Lipinski definition) is 3. The van der Waals surface area contributed by atoms with Gasteiger partial charge in [-0.3, -0.25) is 14.4 Å². The summed E-state index contributed by atoms with van der Waals surface area (Å²) in [5.74, 6) is -1.67. The first-order valence-corrected chi connectivity index (χ1v) is 15.6. The first-order chi connectivity index (χ1) is 20.5. The summed E-state index contributed by atoms with van der Waals surface area (Å²) >= 11 is 1.58. The Morgan fingerprint density at radius 1 is 1.12 bits per heavy atom. The number of carboxylic acid groups (broad SMARTS) is 1. The Bertz CT molecular complexity index is 1440. The Kier molecular flexibility index (Phi) is 9.16. The monoisotopic (exact) mass is 609 g/mol. The number of hydrogen-bond acceptors (Lipinski definition) is 9. The van der Waals surface area contributed by atoms with Gasteiger partial charge in [-0.1, -0.05) is 43.3 Å². The zero-order chi connectivity index (χ0) is 30.8. The van der Waals surface area contributed by atoms with Gasteiger partial charge in [0.25, 0.3) is 0 Å². The van der Waals surface area contributed by atoms with E-state index < -0.39 is 24.0 Å². The summed E-state index contributed by atoms with van der Waals surface area (Å²) in [5.41, 5.74) is 4.79. The van der Waals surface area contributed by atoms with Crippen LogP contribution >= 0.6 is 11.3 Å². The summed E-state index contributed by atoms with van der Waals surface area (Å²) in [4.78, 5) is 47.6. The number of amides is 2. The van der Waals surface area contributed by atoms with Gasteiger partial charge in [0.15, 0.2) is 11.6 Å². The average Bonchev–Trinajstić information content (AvgIpc) is 3.73. The van der Waals surface area contributed by atoms with Crippen LogP contribution in [0.2, 0.25) is 0 Å². The normalized spacial score (nSPS) is 20.8. The first kappa shape index (κ1) is 30.7. The SMILES string of the molecule is Cc1ncsc1-c1ccc([C@H](C)NC(=O)[C@@H]2C[C@@H](O)CN2C(=O)[C@@H](c2cc(N3CCC(C(=O)O)CC3)no2)C(C)C)cc1. The quantitative estimate of drug-likeness (QED) is 0.327. The number of aliphatic carboxylic acids is 1. The summed E-state index contributed by atoms with van der Waals surface area (Å²) in [6, 6.07) is 8.61. The maximum absolute atomic E-state index is 13.9. The molecule has 2 saturated heterocycles. The van der Waals surface area contributed by atoms with Gasteiger partial charge in [-0.05, 0) is 43.7 Å². The summed E-state index contributed by atoms with van der Waals surface area (Å²) in [6.07, 6.45) is 0.367. The molecule has 2 aromatic heterocycles. The maximum Gasteiger partial charge on any atom is 0.306 e. The third-order valence-electron chi connectivity index (χ3n) is 8.57. The molecule has 0 aliphatic carbocycles. The van der Waals surface area contributed by atoms with Crippen molar-refractivity contribution in [2.24, 2.45) is 11.8 Å². The van der Waals surface area contributed by atoms with Gasteiger partial charge in [0.05, 0.1) is 34.1 Å². The molecule has 2 aliphatic rings. The second-order valence-electron chi connectivity index (χ2n) is 11.9. The number of aliphatic hydroxyl groups excluding tert-OH is 1. The van der Waals surface area contributed by atoms with E-state index in [9.17, 15) is 24.6 Å². The average molecular weight is 610 g/mol. The molecule has 0 unspecified atom stereocenters. The number of carbonyl (C=O) groups excluding carboxylic acids is 2. The molecule has 5 rings (SSSR count). The van der Waals surface area contributed by atoms with Gasteiger partial charge in [-0.25, -0.2) is 4.98 Å². The minimum atomic E-state index is -0.817. The van der Waals surface area contributed by atoms with Crippen LogP contribution in [0, 0.1) is 18.8 Å². The molecule has 230 valence electrons. The highest BCUT2D eigenvalue weighted by molar-refractivity contribution is 7.13. The number of aromatic nitrogens is 2. The van der Waals surface area contributed by atoms with Crippen LogP contribution in [-0.2, 0) is 14.4 Å². The van der Waals surface area contributed by atoms with Crippen LogP contribution in [0.1, 0.15) is 69.0 Å². The Hall–Kier alpha value is -3.77. The van der Waals surface area contributed by atoms with Gasteiger partial charge < -0.3 is 29.9 Å². The molecule has 3 N–H and O–H groups in total. The van der Waals surface area contributed by atoms with Crippen LogP contribution in [0.5, 0.6) is 0 Å². The van der Waals surface area contributed by atoms with Crippen LogP contribution in [0.4, 0.5) is 5.82 Å². The summed E-state index contributed by atoms with van der Waals surface area (Å²) in [6.45, 7) is 8.82. The fourth-order valence-electron chi connectivity index (χ4n) is 6.05. The van der Waals surface area contributed by atoms with Crippen LogP contribution < -0.4 is 10.2 Å². The molecule has 2 amide bonds. The second-order valence-corrected chi connectivity index (χ2v) is 12.8. The van der Waals surface area contributed by atoms with Gasteiger partial charge in [0.1, 0.15) is 12.0 Å². The fraction of sp³-hybridized carbons (Fsp3) is 0.516. The van der Waals surface area contributed by atoms with Gasteiger partial charge in [-0.15, -0.1) is 11.3 Å². The minimum absolute atomic E-state index is 0.0567. The molecule has 4 heterocycles. The highest BCUT2D eigenvalue weighted by Gasteiger charge is 2.43. The van der Waals surface area contributed by atoms with E-state index in [-0.39, 0.29) is 42.7 Å². The Labute approximate surface area is 254 Å². The third-order valence-corrected chi connectivity index (χ3v) is 9.54. The molecule has 0 radical (unpaired) electrons. The van der Waals surface area contributed by atoms with Crippen molar-refractivity contribution in [2.75, 3.05) is 24.5 Å². The number of aryl methyl sites for hydroxylation is 1. The third kappa shape index (κ3) is 6.59. The van der Waals surface area contributed by atoms with Crippen molar-refractivity contribution in [3.63, 3.8) is 0 Å². The van der Waals surface area contributed by atoms with Gasteiger partial charge in [0, 0.05) is 32.1 Å². The molecule has 0 spiro atoms. The molecule has 3 aromatic rings. The Morgan fingerprint density at radius 3 is 2.42 bits per heavy atom. The smallest absolute Gasteiger partial charge is 0.306 e. The minimum Gasteiger partial charge on any atom is -0.481 e. The number of nitrogens with zero attached hydrogens (tertiary/aromatic N) is 4. The number of likely N-dealkylation sites (tertiary alicyclic amines) is 1. The van der Waals surface area contributed by atoms with Gasteiger partial charge in [0.2, 0.25) is 11.8 Å². The molecule has 2 fully saturated rings. The van der Waals surface area contributed by atoms with E-state index in [1.165, 1.54) is 4.90 Å². The lowest BCUT2D eigenvalue weighted by atomic mass is 9.91. The van der Waals surface area contributed by atoms with Crippen LogP contribution in [0.3, 0.4) is 0 Å². The molecule has 4 atom stereocenters. The lowest BCUT2D eigenvalue weighted by molar-refractivity contribution is -0.142. The van der Waals surface area contributed by atoms with Crippen molar-refractivity contribution in [3.8, 4) is 10.4 Å². The molecule has 2 aliphatic heterocycles. The zero-order valence-electron chi connectivity index (χ0n) is 24.9. The number of carbonyl (C=O) groups is 3. The van der Waals surface area contributed by atoms with E-state index in [4.69, 9.17) is 4.52 Å².